The second kappa shape index (κ2) is 14.7. The van der Waals surface area contributed by atoms with Gasteiger partial charge in [-0.05, 0) is 76.9 Å². The molecule has 0 fully saturated rings. The Bertz CT molecular complexity index is 3590. The van der Waals surface area contributed by atoms with Gasteiger partial charge in [-0.2, -0.15) is 0 Å². The van der Waals surface area contributed by atoms with Crippen molar-refractivity contribution in [3.05, 3.63) is 224 Å². The second-order valence-electron chi connectivity index (χ2n) is 15.6. The molecular formula is C57H37N5. The van der Waals surface area contributed by atoms with E-state index in [1.54, 1.807) is 0 Å². The highest BCUT2D eigenvalue weighted by atomic mass is 15.0. The van der Waals surface area contributed by atoms with E-state index in [1.807, 2.05) is 18.2 Å². The van der Waals surface area contributed by atoms with Gasteiger partial charge in [0.05, 0.1) is 22.1 Å². The monoisotopic (exact) mass is 791 g/mol. The first-order chi connectivity index (χ1) is 30.7. The largest absolute Gasteiger partial charge is 0.309 e. The van der Waals surface area contributed by atoms with Gasteiger partial charge in [0, 0.05) is 49.6 Å². The fourth-order valence-corrected chi connectivity index (χ4v) is 9.06. The van der Waals surface area contributed by atoms with Crippen molar-refractivity contribution in [2.24, 2.45) is 0 Å². The summed E-state index contributed by atoms with van der Waals surface area (Å²) in [5.74, 6) is 1.88. The van der Waals surface area contributed by atoms with Gasteiger partial charge in [-0.25, -0.2) is 15.0 Å². The minimum atomic E-state index is 0.624. The lowest BCUT2D eigenvalue weighted by Gasteiger charge is -2.13. The zero-order valence-electron chi connectivity index (χ0n) is 33.6. The van der Waals surface area contributed by atoms with Gasteiger partial charge in [0.25, 0.3) is 0 Å². The highest BCUT2D eigenvalue weighted by Gasteiger charge is 2.20. The molecule has 0 aliphatic heterocycles. The third-order valence-corrected chi connectivity index (χ3v) is 12.0. The number of hydrogen-bond donors (Lipinski definition) is 0. The van der Waals surface area contributed by atoms with Crippen LogP contribution >= 0.6 is 0 Å². The Morgan fingerprint density at radius 3 is 1.31 bits per heavy atom. The Morgan fingerprint density at radius 1 is 0.258 bits per heavy atom. The van der Waals surface area contributed by atoms with E-state index in [9.17, 15) is 0 Å². The van der Waals surface area contributed by atoms with Crippen molar-refractivity contribution in [1.82, 2.24) is 24.1 Å². The lowest BCUT2D eigenvalue weighted by atomic mass is 9.98. The Hall–Kier alpha value is -8.41. The molecule has 0 N–H and O–H groups in total. The molecule has 3 heterocycles. The summed E-state index contributed by atoms with van der Waals surface area (Å²) in [7, 11) is 0. The summed E-state index contributed by atoms with van der Waals surface area (Å²) in [6.07, 6.45) is 0. The molecule has 5 nitrogen and oxygen atoms in total. The lowest BCUT2D eigenvalue weighted by molar-refractivity contribution is 1.07. The zero-order valence-corrected chi connectivity index (χ0v) is 33.6. The number of nitrogens with zero attached hydrogens (tertiary/aromatic N) is 5. The van der Waals surface area contributed by atoms with Crippen molar-refractivity contribution in [2.75, 3.05) is 0 Å². The fraction of sp³-hybridized carbons (Fsp3) is 0. The van der Waals surface area contributed by atoms with Crippen LogP contribution in [0.25, 0.3) is 111 Å². The van der Waals surface area contributed by atoms with Gasteiger partial charge in [-0.1, -0.05) is 170 Å². The molecule has 3 aromatic heterocycles. The molecule has 0 radical (unpaired) electrons. The molecule has 0 saturated heterocycles. The van der Waals surface area contributed by atoms with Crippen LogP contribution in [0.1, 0.15) is 0 Å². The normalized spacial score (nSPS) is 11.5. The van der Waals surface area contributed by atoms with E-state index in [-0.39, 0.29) is 0 Å². The van der Waals surface area contributed by atoms with Gasteiger partial charge in [0.15, 0.2) is 17.5 Å². The number of para-hydroxylation sites is 5. The van der Waals surface area contributed by atoms with Crippen molar-refractivity contribution < 1.29 is 0 Å². The predicted octanol–water partition coefficient (Wildman–Crippen LogP) is 14.4. The summed E-state index contributed by atoms with van der Waals surface area (Å²) < 4.78 is 4.68. The maximum absolute atomic E-state index is 5.22. The van der Waals surface area contributed by atoms with Gasteiger partial charge in [0.2, 0.25) is 0 Å². The summed E-state index contributed by atoms with van der Waals surface area (Å²) in [4.78, 5) is 15.5. The van der Waals surface area contributed by atoms with Crippen molar-refractivity contribution in [1.29, 1.82) is 0 Å². The Balaban J connectivity index is 0.915. The molecule has 9 aromatic carbocycles. The van der Waals surface area contributed by atoms with Crippen LogP contribution in [0.4, 0.5) is 0 Å². The number of rotatable bonds is 7. The average Bonchev–Trinajstić information content (AvgIpc) is 3.88. The first-order valence-electron chi connectivity index (χ1n) is 20.9. The van der Waals surface area contributed by atoms with E-state index >= 15 is 0 Å². The molecule has 0 saturated carbocycles. The topological polar surface area (TPSA) is 48.5 Å². The minimum absolute atomic E-state index is 0.624. The molecule has 0 amide bonds. The van der Waals surface area contributed by atoms with E-state index < -0.39 is 0 Å². The molecule has 0 unspecified atom stereocenters. The van der Waals surface area contributed by atoms with E-state index in [0.29, 0.717) is 17.5 Å². The highest BCUT2D eigenvalue weighted by molar-refractivity contribution is 6.13. The summed E-state index contributed by atoms with van der Waals surface area (Å²) in [5, 5.41) is 4.83. The van der Waals surface area contributed by atoms with Gasteiger partial charge < -0.3 is 9.13 Å². The summed E-state index contributed by atoms with van der Waals surface area (Å²) in [6.45, 7) is 0. The maximum Gasteiger partial charge on any atom is 0.166 e. The Kier molecular flexibility index (Phi) is 8.42. The minimum Gasteiger partial charge on any atom is -0.309 e. The summed E-state index contributed by atoms with van der Waals surface area (Å²) in [5.41, 5.74) is 14.3. The maximum atomic E-state index is 5.22. The first kappa shape index (κ1) is 35.5. The summed E-state index contributed by atoms with van der Waals surface area (Å²) >= 11 is 0. The molecule has 0 atom stereocenters. The molecular weight excluding hydrogens is 755 g/mol. The zero-order chi connectivity index (χ0) is 41.0. The summed E-state index contributed by atoms with van der Waals surface area (Å²) in [6, 6.07) is 79.2. The third kappa shape index (κ3) is 5.98. The number of benzene rings is 9. The van der Waals surface area contributed by atoms with Crippen molar-refractivity contribution in [3.63, 3.8) is 0 Å². The standard InChI is InChI=1S/C57H37N5/c1-4-15-41(16-5-1)55-58-56(60-57(59-55)49-24-14-23-48-46-21-10-13-26-52(46)62(54(48)49)45-19-8-3-9-20-45)42-33-31-39(32-34-42)38-27-29-40(30-28-38)43-35-36-53-50(37-43)47-22-11-12-25-51(47)61(53)44-17-6-2-7-18-44/h1-37H. The molecule has 0 aliphatic rings. The van der Waals surface area contributed by atoms with Crippen LogP contribution in [0, 0.1) is 0 Å². The molecule has 62 heavy (non-hydrogen) atoms. The van der Waals surface area contributed by atoms with E-state index in [2.05, 4.69) is 215 Å². The van der Waals surface area contributed by atoms with Crippen molar-refractivity contribution >= 4 is 43.6 Å². The van der Waals surface area contributed by atoms with Crippen LogP contribution < -0.4 is 0 Å². The van der Waals surface area contributed by atoms with Crippen LogP contribution in [0.2, 0.25) is 0 Å². The fourth-order valence-electron chi connectivity index (χ4n) is 9.06. The van der Waals surface area contributed by atoms with Gasteiger partial charge in [0.1, 0.15) is 0 Å². The third-order valence-electron chi connectivity index (χ3n) is 12.0. The second-order valence-corrected chi connectivity index (χ2v) is 15.6. The number of fused-ring (bicyclic) bond motifs is 6. The SMILES string of the molecule is c1ccc(-c2nc(-c3ccc(-c4ccc(-c5ccc6c(c5)c5ccccc5n6-c5ccccc5)cc4)cc3)nc(-c3cccc4c5ccccc5n(-c5ccccc5)c34)n2)cc1. The molecule has 12 rings (SSSR count). The number of hydrogen-bond acceptors (Lipinski definition) is 3. The Labute approximate surface area is 358 Å². The average molecular weight is 792 g/mol. The van der Waals surface area contributed by atoms with E-state index in [0.717, 1.165) is 55.6 Å². The molecule has 0 aliphatic carbocycles. The molecule has 0 spiro atoms. The van der Waals surface area contributed by atoms with Gasteiger partial charge in [-0.15, -0.1) is 0 Å². The van der Waals surface area contributed by atoms with Crippen molar-refractivity contribution in [2.45, 2.75) is 0 Å². The van der Waals surface area contributed by atoms with E-state index in [1.165, 1.54) is 38.3 Å². The number of aromatic nitrogens is 5. The van der Waals surface area contributed by atoms with E-state index in [4.69, 9.17) is 15.0 Å². The first-order valence-corrected chi connectivity index (χ1v) is 20.9. The molecule has 290 valence electrons. The molecule has 12 aromatic rings. The highest BCUT2D eigenvalue weighted by Crippen LogP contribution is 2.39. The molecule has 5 heteroatoms. The smallest absolute Gasteiger partial charge is 0.166 e. The van der Waals surface area contributed by atoms with Crippen LogP contribution in [0.3, 0.4) is 0 Å². The van der Waals surface area contributed by atoms with Crippen LogP contribution in [0.5, 0.6) is 0 Å². The van der Waals surface area contributed by atoms with Gasteiger partial charge >= 0.3 is 0 Å². The van der Waals surface area contributed by atoms with Crippen LogP contribution in [0.15, 0.2) is 224 Å². The van der Waals surface area contributed by atoms with Crippen LogP contribution in [-0.4, -0.2) is 24.1 Å². The van der Waals surface area contributed by atoms with Crippen molar-refractivity contribution in [3.8, 4) is 67.8 Å². The predicted molar refractivity (Wildman–Crippen MR) is 256 cm³/mol. The lowest BCUT2D eigenvalue weighted by Crippen LogP contribution is -2.02. The quantitative estimate of drug-likeness (QED) is 0.162. The Morgan fingerprint density at radius 2 is 0.677 bits per heavy atom. The van der Waals surface area contributed by atoms with Crippen LogP contribution in [-0.2, 0) is 0 Å². The van der Waals surface area contributed by atoms with Gasteiger partial charge in [-0.3, -0.25) is 0 Å². The molecule has 0 bridgehead atoms.